The van der Waals surface area contributed by atoms with Gasteiger partial charge in [0.25, 0.3) is 17.7 Å². The molecular formula is C29H18Cl3N3O4. The third kappa shape index (κ3) is 5.76. The summed E-state index contributed by atoms with van der Waals surface area (Å²) in [5.41, 5.74) is 1.22. The van der Waals surface area contributed by atoms with Gasteiger partial charge in [0.15, 0.2) is 0 Å². The van der Waals surface area contributed by atoms with E-state index in [1.807, 2.05) is 30.3 Å². The smallest absolute Gasteiger partial charge is 0.283 e. The number of benzene rings is 4. The van der Waals surface area contributed by atoms with Gasteiger partial charge in [-0.15, -0.1) is 0 Å². The molecular weight excluding hydrogens is 561 g/mol. The SMILES string of the molecule is O=C(Nc1ccc(Oc2ccccc2)cc1)c1cccc(NC2=C(Cl)C(=O)N(c3cc(Cl)ccc3Cl)C2=O)c1. The number of amides is 3. The fourth-order valence-corrected chi connectivity index (χ4v) is 4.39. The maximum atomic E-state index is 13.1. The minimum atomic E-state index is -0.748. The van der Waals surface area contributed by atoms with Crippen LogP contribution in [0.1, 0.15) is 10.4 Å². The van der Waals surface area contributed by atoms with Crippen LogP contribution in [0.4, 0.5) is 17.1 Å². The number of ether oxygens (including phenoxy) is 1. The van der Waals surface area contributed by atoms with Crippen molar-refractivity contribution in [1.29, 1.82) is 0 Å². The van der Waals surface area contributed by atoms with Gasteiger partial charge in [-0.05, 0) is 72.8 Å². The number of nitrogens with zero attached hydrogens (tertiary/aromatic N) is 1. The summed E-state index contributed by atoms with van der Waals surface area (Å²) >= 11 is 18.4. The summed E-state index contributed by atoms with van der Waals surface area (Å²) in [6.45, 7) is 0. The second-order valence-electron chi connectivity index (χ2n) is 8.33. The van der Waals surface area contributed by atoms with Crippen LogP contribution in [0, 0.1) is 0 Å². The zero-order valence-electron chi connectivity index (χ0n) is 20.0. The molecule has 0 radical (unpaired) electrons. The Kier molecular flexibility index (Phi) is 7.56. The van der Waals surface area contributed by atoms with Gasteiger partial charge in [-0.3, -0.25) is 14.4 Å². The van der Waals surface area contributed by atoms with Crippen molar-refractivity contribution in [3.63, 3.8) is 0 Å². The van der Waals surface area contributed by atoms with Crippen molar-refractivity contribution in [3.8, 4) is 11.5 Å². The summed E-state index contributed by atoms with van der Waals surface area (Å²) < 4.78 is 5.77. The highest BCUT2D eigenvalue weighted by atomic mass is 35.5. The quantitative estimate of drug-likeness (QED) is 0.222. The van der Waals surface area contributed by atoms with E-state index in [1.165, 1.54) is 24.3 Å². The minimum absolute atomic E-state index is 0.113. The molecule has 0 bridgehead atoms. The molecule has 10 heteroatoms. The normalized spacial score (nSPS) is 13.1. The number of rotatable bonds is 7. The Hall–Kier alpha value is -4.30. The molecule has 0 saturated carbocycles. The first-order chi connectivity index (χ1) is 18.8. The maximum absolute atomic E-state index is 13.1. The van der Waals surface area contributed by atoms with Crippen molar-refractivity contribution in [1.82, 2.24) is 0 Å². The van der Waals surface area contributed by atoms with Gasteiger partial charge in [-0.2, -0.15) is 0 Å². The average Bonchev–Trinajstić information content (AvgIpc) is 3.14. The van der Waals surface area contributed by atoms with Crippen molar-refractivity contribution < 1.29 is 19.1 Å². The van der Waals surface area contributed by atoms with Gasteiger partial charge in [0, 0.05) is 22.0 Å². The molecule has 7 nitrogen and oxygen atoms in total. The summed E-state index contributed by atoms with van der Waals surface area (Å²) in [4.78, 5) is 39.6. The highest BCUT2D eigenvalue weighted by Crippen LogP contribution is 2.36. The first-order valence-corrected chi connectivity index (χ1v) is 12.7. The standard InChI is InChI=1S/C29H18Cl3N3O4/c30-18-9-14-23(31)24(16-18)35-28(37)25(32)26(29(35)38)33-20-6-4-5-17(15-20)27(36)34-19-10-12-22(13-11-19)39-21-7-2-1-3-8-21/h1-16,33H,(H,34,36). The van der Waals surface area contributed by atoms with Gasteiger partial charge in [0.05, 0.1) is 10.7 Å². The number of imide groups is 1. The van der Waals surface area contributed by atoms with Crippen LogP contribution in [0.5, 0.6) is 11.5 Å². The number of carbonyl (C=O) groups is 3. The predicted molar refractivity (Wildman–Crippen MR) is 153 cm³/mol. The van der Waals surface area contributed by atoms with Crippen LogP contribution in [-0.2, 0) is 9.59 Å². The molecule has 0 aromatic heterocycles. The third-order valence-corrected chi connectivity index (χ3v) is 6.57. The Morgan fingerprint density at radius 3 is 2.18 bits per heavy atom. The second kappa shape index (κ2) is 11.2. The van der Waals surface area contributed by atoms with Crippen LogP contribution in [0.3, 0.4) is 0 Å². The highest BCUT2D eigenvalue weighted by molar-refractivity contribution is 6.54. The Labute approximate surface area is 238 Å². The van der Waals surface area contributed by atoms with E-state index in [9.17, 15) is 14.4 Å². The second-order valence-corrected chi connectivity index (χ2v) is 9.55. The van der Waals surface area contributed by atoms with E-state index in [1.54, 1.807) is 42.5 Å². The van der Waals surface area contributed by atoms with E-state index in [0.29, 0.717) is 33.5 Å². The van der Waals surface area contributed by atoms with Crippen molar-refractivity contribution >= 4 is 69.6 Å². The minimum Gasteiger partial charge on any atom is -0.457 e. The average molecular weight is 579 g/mol. The van der Waals surface area contributed by atoms with E-state index in [4.69, 9.17) is 39.5 Å². The van der Waals surface area contributed by atoms with Crippen LogP contribution in [0.25, 0.3) is 0 Å². The van der Waals surface area contributed by atoms with Gasteiger partial charge in [-0.25, -0.2) is 4.90 Å². The topological polar surface area (TPSA) is 87.7 Å². The van der Waals surface area contributed by atoms with E-state index in [2.05, 4.69) is 10.6 Å². The molecule has 0 atom stereocenters. The summed E-state index contributed by atoms with van der Waals surface area (Å²) in [6, 6.07) is 27.1. The molecule has 0 aliphatic carbocycles. The number of para-hydroxylation sites is 1. The van der Waals surface area contributed by atoms with Gasteiger partial charge < -0.3 is 15.4 Å². The number of hydrogen-bond acceptors (Lipinski definition) is 5. The monoisotopic (exact) mass is 577 g/mol. The van der Waals surface area contributed by atoms with Crippen molar-refractivity contribution in [2.24, 2.45) is 0 Å². The molecule has 5 rings (SSSR count). The van der Waals surface area contributed by atoms with Crippen LogP contribution in [0.15, 0.2) is 108 Å². The van der Waals surface area contributed by atoms with Crippen LogP contribution >= 0.6 is 34.8 Å². The highest BCUT2D eigenvalue weighted by Gasteiger charge is 2.40. The summed E-state index contributed by atoms with van der Waals surface area (Å²) in [7, 11) is 0. The largest absolute Gasteiger partial charge is 0.457 e. The van der Waals surface area contributed by atoms with Crippen molar-refractivity contribution in [2.45, 2.75) is 0 Å². The van der Waals surface area contributed by atoms with E-state index in [0.717, 1.165) is 4.90 Å². The molecule has 4 aromatic rings. The molecule has 0 saturated heterocycles. The molecule has 3 amide bonds. The first kappa shape index (κ1) is 26.3. The lowest BCUT2D eigenvalue weighted by Crippen LogP contribution is -2.32. The lowest BCUT2D eigenvalue weighted by Gasteiger charge is -2.17. The number of carbonyl (C=O) groups excluding carboxylic acids is 3. The lowest BCUT2D eigenvalue weighted by molar-refractivity contribution is -0.120. The van der Waals surface area contributed by atoms with Crippen LogP contribution in [-0.4, -0.2) is 17.7 Å². The molecule has 1 heterocycles. The van der Waals surface area contributed by atoms with Crippen molar-refractivity contribution in [2.75, 3.05) is 15.5 Å². The summed E-state index contributed by atoms with van der Waals surface area (Å²) in [6.07, 6.45) is 0. The Bertz CT molecular complexity index is 1620. The number of nitrogens with one attached hydrogen (secondary N) is 2. The summed E-state index contributed by atoms with van der Waals surface area (Å²) in [5.74, 6) is -0.505. The van der Waals surface area contributed by atoms with Gasteiger partial charge >= 0.3 is 0 Å². The molecule has 2 N–H and O–H groups in total. The molecule has 0 unspecified atom stereocenters. The zero-order valence-corrected chi connectivity index (χ0v) is 22.2. The maximum Gasteiger partial charge on any atom is 0.283 e. The molecule has 39 heavy (non-hydrogen) atoms. The molecule has 0 fully saturated rings. The third-order valence-electron chi connectivity index (χ3n) is 5.66. The van der Waals surface area contributed by atoms with Gasteiger partial charge in [-0.1, -0.05) is 59.1 Å². The fraction of sp³-hybridized carbons (Fsp3) is 0. The van der Waals surface area contributed by atoms with E-state index in [-0.39, 0.29) is 27.3 Å². The summed E-state index contributed by atoms with van der Waals surface area (Å²) in [5, 5.41) is 5.81. The Morgan fingerprint density at radius 2 is 1.44 bits per heavy atom. The van der Waals surface area contributed by atoms with E-state index >= 15 is 0 Å². The molecule has 4 aromatic carbocycles. The Morgan fingerprint density at radius 1 is 0.718 bits per heavy atom. The number of hydrogen-bond donors (Lipinski definition) is 2. The number of halogens is 3. The lowest BCUT2D eigenvalue weighted by atomic mass is 10.1. The van der Waals surface area contributed by atoms with Crippen LogP contribution < -0.4 is 20.3 Å². The van der Waals surface area contributed by atoms with Gasteiger partial charge in [0.1, 0.15) is 22.2 Å². The van der Waals surface area contributed by atoms with Gasteiger partial charge in [0.2, 0.25) is 0 Å². The molecule has 1 aliphatic rings. The predicted octanol–water partition coefficient (Wildman–Crippen LogP) is 7.47. The first-order valence-electron chi connectivity index (χ1n) is 11.5. The van der Waals surface area contributed by atoms with Crippen LogP contribution in [0.2, 0.25) is 10.0 Å². The van der Waals surface area contributed by atoms with E-state index < -0.39 is 11.8 Å². The molecule has 194 valence electrons. The Balaban J connectivity index is 1.28. The number of anilines is 3. The zero-order chi connectivity index (χ0) is 27.5. The fourth-order valence-electron chi connectivity index (χ4n) is 3.80. The molecule has 0 spiro atoms. The molecule has 1 aliphatic heterocycles. The van der Waals surface area contributed by atoms with Crippen molar-refractivity contribution in [3.05, 3.63) is 123 Å².